The predicted molar refractivity (Wildman–Crippen MR) is 62.2 cm³/mol. The van der Waals surface area contributed by atoms with E-state index in [9.17, 15) is 18.3 Å². The zero-order valence-corrected chi connectivity index (χ0v) is 10.3. The maximum Gasteiger partial charge on any atom is 0.573 e. The number of aromatic hydroxyl groups is 1. The fraction of sp³-hybridized carbons (Fsp3) is 0.273. The number of ether oxygens (including phenoxy) is 1. The average molecular weight is 311 g/mol. The first-order valence-corrected chi connectivity index (χ1v) is 5.86. The summed E-state index contributed by atoms with van der Waals surface area (Å²) in [4.78, 5) is 0. The van der Waals surface area contributed by atoms with Crippen LogP contribution in [-0.4, -0.2) is 16.8 Å². The molecular weight excluding hydrogens is 301 g/mol. The quantitative estimate of drug-likeness (QED) is 0.849. The number of phenols is 1. The van der Waals surface area contributed by atoms with E-state index in [1.807, 2.05) is 0 Å². The van der Waals surface area contributed by atoms with Gasteiger partial charge in [-0.05, 0) is 18.6 Å². The van der Waals surface area contributed by atoms with Crippen LogP contribution in [0.3, 0.4) is 0 Å². The van der Waals surface area contributed by atoms with E-state index >= 15 is 0 Å². The molecule has 0 aromatic heterocycles. The van der Waals surface area contributed by atoms with Crippen molar-refractivity contribution in [2.45, 2.75) is 12.8 Å². The molecule has 0 saturated heterocycles. The largest absolute Gasteiger partial charge is 0.573 e. The lowest BCUT2D eigenvalue weighted by atomic mass is 10.1. The van der Waals surface area contributed by atoms with Crippen molar-refractivity contribution in [3.05, 3.63) is 29.8 Å². The molecule has 1 rings (SSSR count). The Morgan fingerprint density at radius 3 is 2.59 bits per heavy atom. The van der Waals surface area contributed by atoms with E-state index in [1.54, 1.807) is 12.2 Å². The summed E-state index contributed by atoms with van der Waals surface area (Å²) in [5.41, 5.74) is 0.445. The highest BCUT2D eigenvalue weighted by molar-refractivity contribution is 9.09. The van der Waals surface area contributed by atoms with Crippen LogP contribution in [0.15, 0.2) is 24.3 Å². The molecule has 17 heavy (non-hydrogen) atoms. The fourth-order valence-corrected chi connectivity index (χ4v) is 1.40. The van der Waals surface area contributed by atoms with Gasteiger partial charge in [0.2, 0.25) is 0 Å². The predicted octanol–water partition coefficient (Wildman–Crippen LogP) is 4.09. The van der Waals surface area contributed by atoms with Crippen molar-refractivity contribution in [1.82, 2.24) is 0 Å². The summed E-state index contributed by atoms with van der Waals surface area (Å²) in [5.74, 6) is -0.690. The molecule has 0 spiro atoms. The van der Waals surface area contributed by atoms with Gasteiger partial charge in [0.05, 0.1) is 0 Å². The molecular formula is C11H10BrF3O2. The summed E-state index contributed by atoms with van der Waals surface area (Å²) >= 11 is 3.23. The number of allylic oxidation sites excluding steroid dienone is 1. The molecule has 0 amide bonds. The van der Waals surface area contributed by atoms with E-state index < -0.39 is 12.1 Å². The summed E-state index contributed by atoms with van der Waals surface area (Å²) < 4.78 is 39.4. The van der Waals surface area contributed by atoms with Gasteiger partial charge in [-0.3, -0.25) is 0 Å². The Morgan fingerprint density at radius 1 is 1.35 bits per heavy atom. The molecule has 1 N–H and O–H groups in total. The van der Waals surface area contributed by atoms with Gasteiger partial charge in [-0.1, -0.05) is 28.1 Å². The maximum atomic E-state index is 11.9. The Bertz CT molecular complexity index is 402. The number of hydrogen-bond acceptors (Lipinski definition) is 2. The second-order valence-corrected chi connectivity index (χ2v) is 3.94. The van der Waals surface area contributed by atoms with E-state index in [-0.39, 0.29) is 5.75 Å². The van der Waals surface area contributed by atoms with Crippen molar-refractivity contribution in [2.24, 2.45) is 0 Å². The van der Waals surface area contributed by atoms with Crippen LogP contribution in [0.1, 0.15) is 12.0 Å². The van der Waals surface area contributed by atoms with Gasteiger partial charge >= 0.3 is 6.36 Å². The van der Waals surface area contributed by atoms with E-state index in [4.69, 9.17) is 0 Å². The lowest BCUT2D eigenvalue weighted by Crippen LogP contribution is -2.16. The highest BCUT2D eigenvalue weighted by Crippen LogP contribution is 2.28. The molecule has 2 nitrogen and oxygen atoms in total. The van der Waals surface area contributed by atoms with Crippen LogP contribution in [0.25, 0.3) is 6.08 Å². The van der Waals surface area contributed by atoms with Crippen LogP contribution in [0.2, 0.25) is 0 Å². The first-order chi connectivity index (χ1) is 7.92. The van der Waals surface area contributed by atoms with Crippen LogP contribution in [0, 0.1) is 0 Å². The Kier molecular flexibility index (Phi) is 4.86. The molecule has 1 aromatic carbocycles. The number of hydrogen-bond donors (Lipinski definition) is 1. The molecule has 0 aliphatic carbocycles. The Morgan fingerprint density at radius 2 is 2.06 bits per heavy atom. The first kappa shape index (κ1) is 13.9. The highest BCUT2D eigenvalue weighted by atomic mass is 79.9. The van der Waals surface area contributed by atoms with Crippen molar-refractivity contribution >= 4 is 22.0 Å². The van der Waals surface area contributed by atoms with Crippen molar-refractivity contribution in [2.75, 3.05) is 5.33 Å². The van der Waals surface area contributed by atoms with Gasteiger partial charge in [-0.25, -0.2) is 0 Å². The molecule has 94 valence electrons. The number of alkyl halides is 4. The molecule has 0 aliphatic rings. The summed E-state index contributed by atoms with van der Waals surface area (Å²) in [6, 6.07) is 3.45. The Labute approximate surface area is 105 Å². The fourth-order valence-electron chi connectivity index (χ4n) is 1.13. The van der Waals surface area contributed by atoms with Crippen LogP contribution in [0.5, 0.6) is 11.5 Å². The minimum Gasteiger partial charge on any atom is -0.507 e. The van der Waals surface area contributed by atoms with Crippen molar-refractivity contribution in [1.29, 1.82) is 0 Å². The Balaban J connectivity index is 2.79. The third-order valence-electron chi connectivity index (χ3n) is 1.81. The van der Waals surface area contributed by atoms with Crippen LogP contribution >= 0.6 is 15.9 Å². The zero-order chi connectivity index (χ0) is 12.9. The summed E-state index contributed by atoms with van der Waals surface area (Å²) in [7, 11) is 0. The molecule has 0 saturated carbocycles. The smallest absolute Gasteiger partial charge is 0.507 e. The molecule has 0 aliphatic heterocycles. The van der Waals surface area contributed by atoms with Crippen molar-refractivity contribution < 1.29 is 23.0 Å². The lowest BCUT2D eigenvalue weighted by Gasteiger charge is -2.09. The lowest BCUT2D eigenvalue weighted by molar-refractivity contribution is -0.274. The second kappa shape index (κ2) is 5.95. The normalized spacial score (nSPS) is 12.0. The molecule has 0 atom stereocenters. The number of halogens is 4. The van der Waals surface area contributed by atoms with Crippen LogP contribution in [0.4, 0.5) is 13.2 Å². The van der Waals surface area contributed by atoms with Gasteiger partial charge in [0.1, 0.15) is 11.5 Å². The summed E-state index contributed by atoms with van der Waals surface area (Å²) in [5, 5.41) is 10.3. The van der Waals surface area contributed by atoms with Gasteiger partial charge in [-0.2, -0.15) is 0 Å². The first-order valence-electron chi connectivity index (χ1n) is 4.73. The standard InChI is InChI=1S/C11H10BrF3O2/c12-6-2-1-3-8-4-5-9(7-10(8)16)17-11(13,14)15/h1,3-5,7,16H,2,6H2. The average Bonchev–Trinajstić information content (AvgIpc) is 2.19. The van der Waals surface area contributed by atoms with Crippen LogP contribution < -0.4 is 4.74 Å². The van der Waals surface area contributed by atoms with Crippen molar-refractivity contribution in [3.8, 4) is 11.5 Å². The van der Waals surface area contributed by atoms with E-state index in [0.29, 0.717) is 5.56 Å². The van der Waals surface area contributed by atoms with E-state index in [0.717, 1.165) is 23.9 Å². The van der Waals surface area contributed by atoms with E-state index in [1.165, 1.54) is 6.07 Å². The van der Waals surface area contributed by atoms with Gasteiger partial charge in [0, 0.05) is 17.0 Å². The molecule has 0 radical (unpaired) electrons. The molecule has 0 fully saturated rings. The van der Waals surface area contributed by atoms with Gasteiger partial charge in [0.25, 0.3) is 0 Å². The third kappa shape index (κ3) is 5.12. The second-order valence-electron chi connectivity index (χ2n) is 3.15. The SMILES string of the molecule is Oc1cc(OC(F)(F)F)ccc1C=CCCBr. The molecule has 0 bridgehead atoms. The molecule has 0 heterocycles. The zero-order valence-electron chi connectivity index (χ0n) is 8.67. The Hall–Kier alpha value is -1.17. The summed E-state index contributed by atoms with van der Waals surface area (Å²) in [6.07, 6.45) is -0.554. The van der Waals surface area contributed by atoms with Gasteiger partial charge in [-0.15, -0.1) is 13.2 Å². The van der Waals surface area contributed by atoms with Gasteiger partial charge < -0.3 is 9.84 Å². The highest BCUT2D eigenvalue weighted by Gasteiger charge is 2.31. The summed E-state index contributed by atoms with van der Waals surface area (Å²) in [6.45, 7) is 0. The molecule has 0 unspecified atom stereocenters. The van der Waals surface area contributed by atoms with E-state index in [2.05, 4.69) is 20.7 Å². The van der Waals surface area contributed by atoms with Gasteiger partial charge in [0.15, 0.2) is 0 Å². The molecule has 6 heteroatoms. The number of rotatable bonds is 4. The van der Waals surface area contributed by atoms with Crippen molar-refractivity contribution in [3.63, 3.8) is 0 Å². The minimum absolute atomic E-state index is 0.252. The van der Waals surface area contributed by atoms with Crippen LogP contribution in [-0.2, 0) is 0 Å². The maximum absolute atomic E-state index is 11.9. The number of benzene rings is 1. The molecule has 1 aromatic rings. The topological polar surface area (TPSA) is 29.5 Å². The third-order valence-corrected chi connectivity index (χ3v) is 2.27. The minimum atomic E-state index is -4.75. The monoisotopic (exact) mass is 310 g/mol. The number of phenolic OH excluding ortho intramolecular Hbond substituents is 1.